The smallest absolute Gasteiger partial charge is 0.207 e. The molecule has 108 valence electrons. The normalized spacial score (nSPS) is 14.7. The first kappa shape index (κ1) is 17.2. The average molecular weight is 284 g/mol. The Kier molecular flexibility index (Phi) is 4.82. The summed E-state index contributed by atoms with van der Waals surface area (Å²) in [6.07, 6.45) is -6.76. The van der Waals surface area contributed by atoms with E-state index in [0.717, 1.165) is 0 Å². The third kappa shape index (κ3) is 7.50. The van der Waals surface area contributed by atoms with Crippen LogP contribution in [0.5, 0.6) is 0 Å². The SMILES string of the molecule is C=CC(F)(F)CC(F)(F)CC(F)(F)CC(C)(F)F. The van der Waals surface area contributed by atoms with Gasteiger partial charge in [-0.3, -0.25) is 0 Å². The molecule has 0 aromatic rings. The number of hydrogen-bond donors (Lipinski definition) is 0. The van der Waals surface area contributed by atoms with Crippen molar-refractivity contribution in [3.05, 3.63) is 12.7 Å². The number of hydrogen-bond acceptors (Lipinski definition) is 0. The molecular formula is C10H12F8. The van der Waals surface area contributed by atoms with Crippen molar-refractivity contribution in [2.45, 2.75) is 49.9 Å². The van der Waals surface area contributed by atoms with Gasteiger partial charge in [0.05, 0.1) is 19.3 Å². The molecule has 0 N–H and O–H groups in total. The molecule has 8 heteroatoms. The molecule has 0 aromatic carbocycles. The fraction of sp³-hybridized carbons (Fsp3) is 0.800. The van der Waals surface area contributed by atoms with Gasteiger partial charge < -0.3 is 0 Å². The summed E-state index contributed by atoms with van der Waals surface area (Å²) in [7, 11) is 0. The molecule has 0 bridgehead atoms. The molecule has 0 atom stereocenters. The molecule has 0 nitrogen and oxygen atoms in total. The molecule has 0 unspecified atom stereocenters. The quantitative estimate of drug-likeness (QED) is 0.460. The first-order valence-electron chi connectivity index (χ1n) is 4.83. The van der Waals surface area contributed by atoms with Crippen LogP contribution in [0.2, 0.25) is 0 Å². The van der Waals surface area contributed by atoms with Crippen molar-refractivity contribution in [1.29, 1.82) is 0 Å². The summed E-state index contributed by atoms with van der Waals surface area (Å²) in [4.78, 5) is 0. The monoisotopic (exact) mass is 284 g/mol. The van der Waals surface area contributed by atoms with Crippen LogP contribution in [-0.4, -0.2) is 23.7 Å². The minimum absolute atomic E-state index is 0.104. The van der Waals surface area contributed by atoms with Gasteiger partial charge in [0.1, 0.15) is 0 Å². The predicted molar refractivity (Wildman–Crippen MR) is 49.5 cm³/mol. The van der Waals surface area contributed by atoms with E-state index in [4.69, 9.17) is 0 Å². The molecule has 0 rings (SSSR count). The Morgan fingerprint density at radius 2 is 1.17 bits per heavy atom. The van der Waals surface area contributed by atoms with Crippen LogP contribution in [0.15, 0.2) is 12.7 Å². The number of alkyl halides is 8. The molecule has 0 aromatic heterocycles. The Balaban J connectivity index is 4.70. The number of rotatable bonds is 7. The van der Waals surface area contributed by atoms with Crippen LogP contribution in [0.4, 0.5) is 35.1 Å². The van der Waals surface area contributed by atoms with E-state index in [2.05, 4.69) is 6.58 Å². The highest BCUT2D eigenvalue weighted by molar-refractivity contribution is 4.93. The van der Waals surface area contributed by atoms with Crippen LogP contribution in [0.3, 0.4) is 0 Å². The zero-order valence-electron chi connectivity index (χ0n) is 9.43. The minimum Gasteiger partial charge on any atom is -0.207 e. The van der Waals surface area contributed by atoms with Crippen LogP contribution in [0.25, 0.3) is 0 Å². The number of halogens is 8. The summed E-state index contributed by atoms with van der Waals surface area (Å²) < 4.78 is 101. The third-order valence-electron chi connectivity index (χ3n) is 1.88. The molecule has 0 aliphatic carbocycles. The second-order valence-electron chi connectivity index (χ2n) is 4.28. The van der Waals surface area contributed by atoms with Gasteiger partial charge in [0.2, 0.25) is 0 Å². The highest BCUT2D eigenvalue weighted by Crippen LogP contribution is 2.42. The van der Waals surface area contributed by atoms with Crippen LogP contribution in [0.1, 0.15) is 26.2 Å². The summed E-state index contributed by atoms with van der Waals surface area (Å²) in [5.41, 5.74) is 0. The van der Waals surface area contributed by atoms with Crippen molar-refractivity contribution in [3.8, 4) is 0 Å². The van der Waals surface area contributed by atoms with Crippen LogP contribution < -0.4 is 0 Å². The third-order valence-corrected chi connectivity index (χ3v) is 1.88. The van der Waals surface area contributed by atoms with E-state index in [1.165, 1.54) is 0 Å². The first-order valence-corrected chi connectivity index (χ1v) is 4.83. The van der Waals surface area contributed by atoms with Gasteiger partial charge in [0.25, 0.3) is 23.7 Å². The van der Waals surface area contributed by atoms with Gasteiger partial charge in [-0.1, -0.05) is 6.58 Å². The minimum atomic E-state index is -4.47. The Labute approximate surface area is 98.7 Å². The molecule has 0 heterocycles. The molecule has 0 radical (unpaired) electrons. The summed E-state index contributed by atoms with van der Waals surface area (Å²) >= 11 is 0. The average Bonchev–Trinajstić information content (AvgIpc) is 1.93. The Morgan fingerprint density at radius 3 is 1.50 bits per heavy atom. The molecule has 0 aliphatic heterocycles. The van der Waals surface area contributed by atoms with Gasteiger partial charge in [0.15, 0.2) is 0 Å². The van der Waals surface area contributed by atoms with Crippen molar-refractivity contribution in [3.63, 3.8) is 0 Å². The van der Waals surface area contributed by atoms with Crippen LogP contribution >= 0.6 is 0 Å². The Bertz CT molecular complexity index is 289. The van der Waals surface area contributed by atoms with E-state index in [-0.39, 0.29) is 13.0 Å². The molecular weight excluding hydrogens is 272 g/mol. The lowest BCUT2D eigenvalue weighted by Gasteiger charge is -2.26. The van der Waals surface area contributed by atoms with Crippen molar-refractivity contribution in [2.24, 2.45) is 0 Å². The van der Waals surface area contributed by atoms with E-state index in [0.29, 0.717) is 0 Å². The lowest BCUT2D eigenvalue weighted by Crippen LogP contribution is -2.37. The highest BCUT2D eigenvalue weighted by Gasteiger charge is 2.51. The van der Waals surface area contributed by atoms with Gasteiger partial charge in [-0.05, 0) is 13.0 Å². The van der Waals surface area contributed by atoms with E-state index < -0.39 is 43.0 Å². The maximum absolute atomic E-state index is 12.9. The molecule has 0 saturated heterocycles. The van der Waals surface area contributed by atoms with E-state index in [1.54, 1.807) is 0 Å². The van der Waals surface area contributed by atoms with Gasteiger partial charge in [0, 0.05) is 0 Å². The van der Waals surface area contributed by atoms with Gasteiger partial charge in [-0.25, -0.2) is 35.1 Å². The molecule has 0 fully saturated rings. The van der Waals surface area contributed by atoms with Crippen molar-refractivity contribution >= 4 is 0 Å². The molecule has 0 saturated carbocycles. The second-order valence-corrected chi connectivity index (χ2v) is 4.28. The highest BCUT2D eigenvalue weighted by atomic mass is 19.3. The molecule has 0 spiro atoms. The lowest BCUT2D eigenvalue weighted by atomic mass is 9.99. The standard InChI is InChI=1S/C10H12F8/c1-3-8(13,14)5-10(17,18)6-9(15,16)4-7(2,11)12/h3H,1,4-6H2,2H3. The Hall–Kier alpha value is -0.820. The van der Waals surface area contributed by atoms with Gasteiger partial charge in [-0.15, -0.1) is 0 Å². The Morgan fingerprint density at radius 1 is 0.778 bits per heavy atom. The van der Waals surface area contributed by atoms with Crippen molar-refractivity contribution < 1.29 is 35.1 Å². The van der Waals surface area contributed by atoms with Crippen LogP contribution in [-0.2, 0) is 0 Å². The summed E-state index contributed by atoms with van der Waals surface area (Å²) in [6.45, 7) is 2.72. The van der Waals surface area contributed by atoms with Gasteiger partial charge >= 0.3 is 0 Å². The second kappa shape index (κ2) is 5.05. The molecule has 18 heavy (non-hydrogen) atoms. The van der Waals surface area contributed by atoms with Crippen molar-refractivity contribution in [2.75, 3.05) is 0 Å². The van der Waals surface area contributed by atoms with E-state index in [1.807, 2.05) is 0 Å². The zero-order chi connectivity index (χ0) is 14.8. The van der Waals surface area contributed by atoms with E-state index >= 15 is 0 Å². The van der Waals surface area contributed by atoms with E-state index in [9.17, 15) is 35.1 Å². The maximum atomic E-state index is 12.9. The maximum Gasteiger partial charge on any atom is 0.271 e. The summed E-state index contributed by atoms with van der Waals surface area (Å²) in [5, 5.41) is 0. The molecule has 0 amide bonds. The lowest BCUT2D eigenvalue weighted by molar-refractivity contribution is -0.169. The van der Waals surface area contributed by atoms with Crippen LogP contribution in [0, 0.1) is 0 Å². The largest absolute Gasteiger partial charge is 0.271 e. The van der Waals surface area contributed by atoms with Gasteiger partial charge in [-0.2, -0.15) is 0 Å². The summed E-state index contributed by atoms with van der Waals surface area (Å²) in [6, 6.07) is 0. The summed E-state index contributed by atoms with van der Waals surface area (Å²) in [5.74, 6) is -16.8. The fourth-order valence-corrected chi connectivity index (χ4v) is 1.37. The first-order chi connectivity index (χ1) is 7.68. The predicted octanol–water partition coefficient (Wildman–Crippen LogP) is 4.90. The molecule has 0 aliphatic rings. The van der Waals surface area contributed by atoms with Crippen molar-refractivity contribution in [1.82, 2.24) is 0 Å². The zero-order valence-corrected chi connectivity index (χ0v) is 9.43. The fourth-order valence-electron chi connectivity index (χ4n) is 1.37. The number of allylic oxidation sites excluding steroid dienone is 1. The topological polar surface area (TPSA) is 0 Å².